The summed E-state index contributed by atoms with van der Waals surface area (Å²) in [4.78, 5) is 19.2. The van der Waals surface area contributed by atoms with Crippen molar-refractivity contribution in [2.75, 3.05) is 6.54 Å². The van der Waals surface area contributed by atoms with Crippen molar-refractivity contribution in [1.82, 2.24) is 15.0 Å². The molecular weight excluding hydrogens is 350 g/mol. The molecule has 0 unspecified atom stereocenters. The Bertz CT molecular complexity index is 936. The summed E-state index contributed by atoms with van der Waals surface area (Å²) in [5.74, 6) is 0.892. The molecule has 2 heterocycles. The first-order valence-corrected chi connectivity index (χ1v) is 8.97. The van der Waals surface area contributed by atoms with Crippen LogP contribution in [0.25, 0.3) is 11.4 Å². The van der Waals surface area contributed by atoms with Gasteiger partial charge >= 0.3 is 0 Å². The zero-order valence-corrected chi connectivity index (χ0v) is 15.1. The molecule has 3 aromatic rings. The van der Waals surface area contributed by atoms with Gasteiger partial charge in [0.1, 0.15) is 6.04 Å². The fraction of sp³-hybridized carbons (Fsp3) is 0.250. The summed E-state index contributed by atoms with van der Waals surface area (Å²) >= 11 is 6.21. The lowest BCUT2D eigenvalue weighted by Gasteiger charge is -2.22. The molecule has 0 spiro atoms. The molecule has 1 aromatic heterocycles. The van der Waals surface area contributed by atoms with Gasteiger partial charge in [-0.3, -0.25) is 4.79 Å². The molecule has 0 aliphatic carbocycles. The van der Waals surface area contributed by atoms with Crippen LogP contribution in [0.5, 0.6) is 0 Å². The SMILES string of the molecule is Cc1ccc(C(=O)N2CCC[C@@H]2c2nc(-c3ccccc3Cl)no2)cc1. The summed E-state index contributed by atoms with van der Waals surface area (Å²) in [6.07, 6.45) is 1.72. The number of hydrogen-bond donors (Lipinski definition) is 0. The molecule has 6 heteroatoms. The van der Waals surface area contributed by atoms with Gasteiger partial charge < -0.3 is 9.42 Å². The van der Waals surface area contributed by atoms with Gasteiger partial charge in [0.05, 0.1) is 5.02 Å². The van der Waals surface area contributed by atoms with E-state index in [1.54, 1.807) is 6.07 Å². The average Bonchev–Trinajstić information content (AvgIpc) is 3.31. The second kappa shape index (κ2) is 6.92. The fourth-order valence-corrected chi connectivity index (χ4v) is 3.47. The largest absolute Gasteiger partial charge is 0.337 e. The third-order valence-corrected chi connectivity index (χ3v) is 4.98. The van der Waals surface area contributed by atoms with Crippen LogP contribution in [0.4, 0.5) is 0 Å². The monoisotopic (exact) mass is 367 g/mol. The maximum absolute atomic E-state index is 12.9. The van der Waals surface area contributed by atoms with Gasteiger partial charge in [-0.2, -0.15) is 4.98 Å². The second-order valence-electron chi connectivity index (χ2n) is 6.46. The number of hydrogen-bond acceptors (Lipinski definition) is 4. The summed E-state index contributed by atoms with van der Waals surface area (Å²) in [6, 6.07) is 14.8. The van der Waals surface area contributed by atoms with Crippen LogP contribution >= 0.6 is 11.6 Å². The zero-order valence-electron chi connectivity index (χ0n) is 14.4. The van der Waals surface area contributed by atoms with E-state index in [-0.39, 0.29) is 11.9 Å². The van der Waals surface area contributed by atoms with E-state index in [1.807, 2.05) is 54.3 Å². The van der Waals surface area contributed by atoms with Gasteiger partial charge in [-0.15, -0.1) is 0 Å². The smallest absolute Gasteiger partial charge is 0.254 e. The van der Waals surface area contributed by atoms with E-state index >= 15 is 0 Å². The van der Waals surface area contributed by atoms with Crippen molar-refractivity contribution in [3.05, 3.63) is 70.6 Å². The third kappa shape index (κ3) is 3.10. The number of benzene rings is 2. The summed E-state index contributed by atoms with van der Waals surface area (Å²) < 4.78 is 5.48. The number of aryl methyl sites for hydroxylation is 1. The van der Waals surface area contributed by atoms with E-state index in [4.69, 9.17) is 16.1 Å². The second-order valence-corrected chi connectivity index (χ2v) is 6.87. The lowest BCUT2D eigenvalue weighted by molar-refractivity contribution is 0.0710. The Morgan fingerprint density at radius 1 is 1.19 bits per heavy atom. The molecule has 0 N–H and O–H groups in total. The quantitative estimate of drug-likeness (QED) is 0.674. The van der Waals surface area contributed by atoms with Crippen LogP contribution in [0.1, 0.15) is 40.7 Å². The van der Waals surface area contributed by atoms with Crippen molar-refractivity contribution >= 4 is 17.5 Å². The van der Waals surface area contributed by atoms with Gasteiger partial charge in [-0.1, -0.05) is 46.6 Å². The molecule has 0 radical (unpaired) electrons. The number of likely N-dealkylation sites (tertiary alicyclic amines) is 1. The fourth-order valence-electron chi connectivity index (χ4n) is 3.25. The molecule has 4 rings (SSSR count). The van der Waals surface area contributed by atoms with E-state index in [2.05, 4.69) is 10.1 Å². The van der Waals surface area contributed by atoms with Gasteiger partial charge in [0.25, 0.3) is 5.91 Å². The van der Waals surface area contributed by atoms with E-state index in [0.29, 0.717) is 28.8 Å². The predicted octanol–water partition coefficient (Wildman–Crippen LogP) is 4.68. The van der Waals surface area contributed by atoms with E-state index in [0.717, 1.165) is 24.0 Å². The molecule has 132 valence electrons. The Kier molecular flexibility index (Phi) is 4.47. The first-order chi connectivity index (χ1) is 12.6. The molecule has 0 saturated carbocycles. The molecule has 1 aliphatic rings. The molecule has 2 aromatic carbocycles. The molecule has 1 aliphatic heterocycles. The topological polar surface area (TPSA) is 59.2 Å². The minimum atomic E-state index is -0.201. The summed E-state index contributed by atoms with van der Waals surface area (Å²) in [6.45, 7) is 2.68. The molecular formula is C20H18ClN3O2. The van der Waals surface area contributed by atoms with Crippen LogP contribution in [0.15, 0.2) is 53.1 Å². The number of carbonyl (C=O) groups excluding carboxylic acids is 1. The van der Waals surface area contributed by atoms with Crippen LogP contribution in [-0.2, 0) is 0 Å². The standard InChI is InChI=1S/C20H18ClN3O2/c1-13-8-10-14(11-9-13)20(25)24-12-4-7-17(24)19-22-18(23-26-19)15-5-2-3-6-16(15)21/h2-3,5-6,8-11,17H,4,7,12H2,1H3/t17-/m1/s1. The Balaban J connectivity index is 1.60. The highest BCUT2D eigenvalue weighted by Crippen LogP contribution is 2.34. The Morgan fingerprint density at radius 2 is 1.96 bits per heavy atom. The molecule has 1 atom stereocenters. The number of amides is 1. The maximum Gasteiger partial charge on any atom is 0.254 e. The van der Waals surface area contributed by atoms with Crippen molar-refractivity contribution in [2.45, 2.75) is 25.8 Å². The van der Waals surface area contributed by atoms with Crippen LogP contribution < -0.4 is 0 Å². The highest BCUT2D eigenvalue weighted by atomic mass is 35.5. The predicted molar refractivity (Wildman–Crippen MR) is 98.9 cm³/mol. The van der Waals surface area contributed by atoms with Crippen LogP contribution in [0, 0.1) is 6.92 Å². The van der Waals surface area contributed by atoms with Crippen molar-refractivity contribution in [3.63, 3.8) is 0 Å². The van der Waals surface area contributed by atoms with Crippen molar-refractivity contribution in [1.29, 1.82) is 0 Å². The molecule has 1 saturated heterocycles. The van der Waals surface area contributed by atoms with Gasteiger partial charge in [0.2, 0.25) is 11.7 Å². The Hall–Kier alpha value is -2.66. The van der Waals surface area contributed by atoms with E-state index < -0.39 is 0 Å². The Labute approximate surface area is 156 Å². The molecule has 5 nitrogen and oxygen atoms in total. The molecule has 1 fully saturated rings. The molecule has 1 amide bonds. The summed E-state index contributed by atoms with van der Waals surface area (Å²) in [7, 11) is 0. The van der Waals surface area contributed by atoms with Gasteiger partial charge in [-0.05, 0) is 44.0 Å². The average molecular weight is 368 g/mol. The zero-order chi connectivity index (χ0) is 18.1. The normalized spacial score (nSPS) is 16.8. The molecule has 26 heavy (non-hydrogen) atoms. The van der Waals surface area contributed by atoms with Crippen LogP contribution in [-0.4, -0.2) is 27.5 Å². The minimum absolute atomic E-state index is 0.00927. The van der Waals surface area contributed by atoms with Crippen molar-refractivity contribution in [3.8, 4) is 11.4 Å². The first-order valence-electron chi connectivity index (χ1n) is 8.59. The maximum atomic E-state index is 12.9. The lowest BCUT2D eigenvalue weighted by Crippen LogP contribution is -2.30. The van der Waals surface area contributed by atoms with Gasteiger partial charge in [0.15, 0.2) is 0 Å². The van der Waals surface area contributed by atoms with Crippen LogP contribution in [0.3, 0.4) is 0 Å². The van der Waals surface area contributed by atoms with Crippen molar-refractivity contribution in [2.24, 2.45) is 0 Å². The first kappa shape index (κ1) is 16.8. The van der Waals surface area contributed by atoms with E-state index in [9.17, 15) is 4.79 Å². The Morgan fingerprint density at radius 3 is 2.73 bits per heavy atom. The van der Waals surface area contributed by atoms with Crippen LogP contribution in [0.2, 0.25) is 5.02 Å². The highest BCUT2D eigenvalue weighted by Gasteiger charge is 2.34. The minimum Gasteiger partial charge on any atom is -0.337 e. The van der Waals surface area contributed by atoms with Gasteiger partial charge in [-0.25, -0.2) is 0 Å². The number of halogens is 1. The molecule has 0 bridgehead atoms. The number of nitrogens with zero attached hydrogens (tertiary/aromatic N) is 3. The van der Waals surface area contributed by atoms with Crippen molar-refractivity contribution < 1.29 is 9.32 Å². The summed E-state index contributed by atoms with van der Waals surface area (Å²) in [5.41, 5.74) is 2.52. The highest BCUT2D eigenvalue weighted by molar-refractivity contribution is 6.33. The third-order valence-electron chi connectivity index (χ3n) is 4.65. The number of rotatable bonds is 3. The van der Waals surface area contributed by atoms with Gasteiger partial charge in [0, 0.05) is 17.7 Å². The lowest BCUT2D eigenvalue weighted by atomic mass is 10.1. The van der Waals surface area contributed by atoms with E-state index in [1.165, 1.54) is 0 Å². The number of aromatic nitrogens is 2. The number of carbonyl (C=O) groups is 1. The summed E-state index contributed by atoms with van der Waals surface area (Å²) in [5, 5.41) is 4.63.